The van der Waals surface area contributed by atoms with Crippen LogP contribution in [0.15, 0.2) is 24.3 Å². The van der Waals surface area contributed by atoms with Gasteiger partial charge in [-0.2, -0.15) is 0 Å². The molecular weight excluding hydrogens is 276 g/mol. The van der Waals surface area contributed by atoms with Crippen LogP contribution in [0.1, 0.15) is 49.9 Å². The van der Waals surface area contributed by atoms with Gasteiger partial charge in [0.15, 0.2) is 5.78 Å². The van der Waals surface area contributed by atoms with Crippen LogP contribution in [0.5, 0.6) is 0 Å². The summed E-state index contributed by atoms with van der Waals surface area (Å²) < 4.78 is 5.04. The molecule has 0 saturated heterocycles. The Balaban J connectivity index is 2.70. The summed E-state index contributed by atoms with van der Waals surface area (Å²) in [7, 11) is 0. The van der Waals surface area contributed by atoms with E-state index in [2.05, 4.69) is 6.92 Å². The number of rotatable bonds is 8. The summed E-state index contributed by atoms with van der Waals surface area (Å²) in [4.78, 5) is 24.1. The van der Waals surface area contributed by atoms with Crippen LogP contribution in [0.2, 0.25) is 5.02 Å². The third-order valence-electron chi connectivity index (χ3n) is 3.12. The van der Waals surface area contributed by atoms with Crippen molar-refractivity contribution in [3.05, 3.63) is 34.9 Å². The van der Waals surface area contributed by atoms with Crippen molar-refractivity contribution in [1.29, 1.82) is 0 Å². The topological polar surface area (TPSA) is 43.4 Å². The molecule has 0 bridgehead atoms. The molecule has 0 N–H and O–H groups in total. The minimum absolute atomic E-state index is 0.0455. The van der Waals surface area contributed by atoms with E-state index < -0.39 is 0 Å². The number of esters is 1. The van der Waals surface area contributed by atoms with Crippen LogP contribution in [0.3, 0.4) is 0 Å². The lowest BCUT2D eigenvalue weighted by atomic mass is 9.93. The Labute approximate surface area is 125 Å². The number of unbranched alkanes of at least 4 members (excludes halogenated alkanes) is 1. The molecule has 4 heteroatoms. The fraction of sp³-hybridized carbons (Fsp3) is 0.500. The molecule has 0 saturated carbocycles. The molecule has 1 aromatic rings. The first-order valence-corrected chi connectivity index (χ1v) is 7.41. The van der Waals surface area contributed by atoms with E-state index in [0.29, 0.717) is 23.6 Å². The quantitative estimate of drug-likeness (QED) is 0.531. The number of ether oxygens (including phenoxy) is 1. The zero-order chi connectivity index (χ0) is 15.0. The van der Waals surface area contributed by atoms with Gasteiger partial charge in [-0.1, -0.05) is 31.4 Å². The maximum Gasteiger partial charge on any atom is 0.309 e. The van der Waals surface area contributed by atoms with Gasteiger partial charge in [0.05, 0.1) is 12.5 Å². The molecule has 0 fully saturated rings. The smallest absolute Gasteiger partial charge is 0.309 e. The Hall–Kier alpha value is -1.35. The van der Waals surface area contributed by atoms with Crippen molar-refractivity contribution < 1.29 is 14.3 Å². The Kier molecular flexibility index (Phi) is 7.31. The third-order valence-corrected chi connectivity index (χ3v) is 3.38. The lowest BCUT2D eigenvalue weighted by Crippen LogP contribution is -2.21. The summed E-state index contributed by atoms with van der Waals surface area (Å²) >= 11 is 5.80. The molecule has 1 unspecified atom stereocenters. The van der Waals surface area contributed by atoms with E-state index in [1.54, 1.807) is 31.2 Å². The summed E-state index contributed by atoms with van der Waals surface area (Å²) in [6.07, 6.45) is 2.79. The average molecular weight is 297 g/mol. The van der Waals surface area contributed by atoms with E-state index in [1.165, 1.54) is 0 Å². The number of hydrogen-bond acceptors (Lipinski definition) is 3. The van der Waals surface area contributed by atoms with Crippen LogP contribution >= 0.6 is 11.6 Å². The van der Waals surface area contributed by atoms with Crippen molar-refractivity contribution in [3.63, 3.8) is 0 Å². The van der Waals surface area contributed by atoms with E-state index in [1.807, 2.05) is 0 Å². The van der Waals surface area contributed by atoms with Gasteiger partial charge in [0.2, 0.25) is 0 Å². The molecule has 1 rings (SSSR count). The molecule has 0 spiro atoms. The van der Waals surface area contributed by atoms with Crippen LogP contribution in [0.4, 0.5) is 0 Å². The zero-order valence-electron chi connectivity index (χ0n) is 12.0. The summed E-state index contributed by atoms with van der Waals surface area (Å²) in [5, 5.41) is 0.592. The SMILES string of the molecule is CCCCC(CC(=O)c1ccc(Cl)cc1)C(=O)OCC. The molecule has 1 aromatic carbocycles. The molecule has 0 aliphatic rings. The number of hydrogen-bond donors (Lipinski definition) is 0. The largest absolute Gasteiger partial charge is 0.466 e. The summed E-state index contributed by atoms with van der Waals surface area (Å²) in [5.41, 5.74) is 0.584. The highest BCUT2D eigenvalue weighted by Gasteiger charge is 2.23. The van der Waals surface area contributed by atoms with Gasteiger partial charge < -0.3 is 4.74 Å². The first-order chi connectivity index (χ1) is 9.58. The zero-order valence-corrected chi connectivity index (χ0v) is 12.8. The van der Waals surface area contributed by atoms with E-state index in [4.69, 9.17) is 16.3 Å². The predicted octanol–water partition coefficient (Wildman–Crippen LogP) is 4.28. The van der Waals surface area contributed by atoms with Gasteiger partial charge in [-0.3, -0.25) is 9.59 Å². The second kappa shape index (κ2) is 8.75. The van der Waals surface area contributed by atoms with Crippen molar-refractivity contribution in [2.45, 2.75) is 39.5 Å². The Morgan fingerprint density at radius 1 is 1.20 bits per heavy atom. The van der Waals surface area contributed by atoms with Crippen LogP contribution in [0.25, 0.3) is 0 Å². The number of Topliss-reactive ketones (excluding diaryl/α,β-unsaturated/α-hetero) is 1. The average Bonchev–Trinajstić information content (AvgIpc) is 2.44. The predicted molar refractivity (Wildman–Crippen MR) is 80.0 cm³/mol. The highest BCUT2D eigenvalue weighted by molar-refractivity contribution is 6.30. The van der Waals surface area contributed by atoms with E-state index in [9.17, 15) is 9.59 Å². The van der Waals surface area contributed by atoms with Gasteiger partial charge in [-0.15, -0.1) is 0 Å². The highest BCUT2D eigenvalue weighted by Crippen LogP contribution is 2.19. The Morgan fingerprint density at radius 2 is 1.85 bits per heavy atom. The molecule has 3 nitrogen and oxygen atoms in total. The number of ketones is 1. The van der Waals surface area contributed by atoms with Crippen LogP contribution in [0, 0.1) is 5.92 Å². The van der Waals surface area contributed by atoms with Crippen LogP contribution in [-0.2, 0) is 9.53 Å². The Bertz CT molecular complexity index is 440. The standard InChI is InChI=1S/C16H21ClO3/c1-3-5-6-13(16(19)20-4-2)11-15(18)12-7-9-14(17)10-8-12/h7-10,13H,3-6,11H2,1-2H3. The van der Waals surface area contributed by atoms with Crippen LogP contribution < -0.4 is 0 Å². The van der Waals surface area contributed by atoms with Crippen molar-refractivity contribution in [2.75, 3.05) is 6.61 Å². The molecule has 0 aliphatic heterocycles. The molecule has 0 radical (unpaired) electrons. The minimum Gasteiger partial charge on any atom is -0.466 e. The first-order valence-electron chi connectivity index (χ1n) is 7.03. The van der Waals surface area contributed by atoms with Crippen molar-refractivity contribution >= 4 is 23.4 Å². The first kappa shape index (κ1) is 16.7. The van der Waals surface area contributed by atoms with Crippen molar-refractivity contribution in [3.8, 4) is 0 Å². The van der Waals surface area contributed by atoms with Crippen molar-refractivity contribution in [1.82, 2.24) is 0 Å². The molecule has 1 atom stereocenters. The number of carbonyl (C=O) groups is 2. The fourth-order valence-corrected chi connectivity index (χ4v) is 2.12. The maximum absolute atomic E-state index is 12.2. The van der Waals surface area contributed by atoms with Gasteiger partial charge in [0.1, 0.15) is 0 Å². The number of halogens is 1. The monoisotopic (exact) mass is 296 g/mol. The lowest BCUT2D eigenvalue weighted by molar-refractivity contribution is -0.148. The lowest BCUT2D eigenvalue weighted by Gasteiger charge is -2.14. The molecule has 0 aliphatic carbocycles. The summed E-state index contributed by atoms with van der Waals surface area (Å²) in [6, 6.07) is 6.74. The van der Waals surface area contributed by atoms with Gasteiger partial charge in [0.25, 0.3) is 0 Å². The number of benzene rings is 1. The summed E-state index contributed by atoms with van der Waals surface area (Å²) in [6.45, 7) is 4.18. The van der Waals surface area contributed by atoms with Gasteiger partial charge in [-0.25, -0.2) is 0 Å². The van der Waals surface area contributed by atoms with Crippen LogP contribution in [-0.4, -0.2) is 18.4 Å². The third kappa shape index (κ3) is 5.33. The van der Waals surface area contributed by atoms with E-state index in [0.717, 1.165) is 12.8 Å². The molecule has 0 amide bonds. The molecule has 0 heterocycles. The second-order valence-corrected chi connectivity index (χ2v) is 5.16. The maximum atomic E-state index is 12.2. The van der Waals surface area contributed by atoms with Gasteiger partial charge in [0, 0.05) is 17.0 Å². The van der Waals surface area contributed by atoms with E-state index in [-0.39, 0.29) is 24.1 Å². The highest BCUT2D eigenvalue weighted by atomic mass is 35.5. The molecule has 0 aromatic heterocycles. The normalized spacial score (nSPS) is 11.9. The second-order valence-electron chi connectivity index (χ2n) is 4.73. The fourth-order valence-electron chi connectivity index (χ4n) is 1.99. The Morgan fingerprint density at radius 3 is 2.40 bits per heavy atom. The number of carbonyl (C=O) groups excluding carboxylic acids is 2. The van der Waals surface area contributed by atoms with Crippen molar-refractivity contribution in [2.24, 2.45) is 5.92 Å². The van der Waals surface area contributed by atoms with E-state index >= 15 is 0 Å². The minimum atomic E-state index is -0.349. The van der Waals surface area contributed by atoms with Gasteiger partial charge >= 0.3 is 5.97 Å². The molecule has 20 heavy (non-hydrogen) atoms. The summed E-state index contributed by atoms with van der Waals surface area (Å²) in [5.74, 6) is -0.669. The molecular formula is C16H21ClO3. The molecule has 110 valence electrons. The van der Waals surface area contributed by atoms with Gasteiger partial charge in [-0.05, 0) is 37.6 Å².